The van der Waals surface area contributed by atoms with Gasteiger partial charge in [-0.05, 0) is 52.4 Å². The number of hydrogen-bond donors (Lipinski definition) is 0. The second kappa shape index (κ2) is 4.99. The van der Waals surface area contributed by atoms with Gasteiger partial charge in [0, 0.05) is 12.8 Å². The largest absolute Gasteiger partial charge is 0.299 e. The Morgan fingerprint density at radius 3 is 1.62 bits per heavy atom. The Kier molecular flexibility index (Phi) is 3.63. The maximum atomic E-state index is 12.0. The number of Topliss-reactive ketones (excluding diaryl/α,β-unsaturated/α-hetero) is 1. The van der Waals surface area contributed by atoms with Crippen molar-refractivity contribution in [3.05, 3.63) is 22.3 Å². The van der Waals surface area contributed by atoms with Gasteiger partial charge < -0.3 is 0 Å². The minimum Gasteiger partial charge on any atom is -0.299 e. The second-order valence-electron chi connectivity index (χ2n) is 5.37. The van der Waals surface area contributed by atoms with Crippen LogP contribution in [-0.2, 0) is 4.79 Å². The Balaban J connectivity index is 1.90. The van der Waals surface area contributed by atoms with Crippen LogP contribution in [0.3, 0.4) is 0 Å². The molecule has 0 bridgehead atoms. The zero-order chi connectivity index (χ0) is 11.5. The number of rotatable bonds is 4. The highest BCUT2D eigenvalue weighted by Gasteiger charge is 2.17. The van der Waals surface area contributed by atoms with Crippen molar-refractivity contribution in [3.8, 4) is 0 Å². The van der Waals surface area contributed by atoms with Gasteiger partial charge >= 0.3 is 0 Å². The number of carbonyl (C=O) groups excluding carboxylic acids is 1. The van der Waals surface area contributed by atoms with Crippen LogP contribution in [0.1, 0.15) is 65.2 Å². The van der Waals surface area contributed by atoms with Crippen molar-refractivity contribution in [1.82, 2.24) is 0 Å². The molecule has 0 amide bonds. The highest BCUT2D eigenvalue weighted by molar-refractivity contribution is 5.83. The third-order valence-corrected chi connectivity index (χ3v) is 4.09. The number of hydrogen-bond acceptors (Lipinski definition) is 1. The zero-order valence-electron chi connectivity index (χ0n) is 10.6. The first-order valence-corrected chi connectivity index (χ1v) is 6.53. The van der Waals surface area contributed by atoms with Gasteiger partial charge in [0.25, 0.3) is 0 Å². The van der Waals surface area contributed by atoms with Gasteiger partial charge in [0.1, 0.15) is 5.78 Å². The van der Waals surface area contributed by atoms with Gasteiger partial charge in [-0.1, -0.05) is 22.3 Å². The van der Waals surface area contributed by atoms with E-state index in [0.717, 1.165) is 25.7 Å². The first kappa shape index (κ1) is 11.6. The van der Waals surface area contributed by atoms with Gasteiger partial charge in [0.2, 0.25) is 0 Å². The molecular weight excluding hydrogens is 196 g/mol. The molecule has 2 aliphatic carbocycles. The number of allylic oxidation sites excluding steroid dienone is 4. The van der Waals surface area contributed by atoms with Crippen molar-refractivity contribution in [2.45, 2.75) is 65.2 Å². The molecule has 0 atom stereocenters. The van der Waals surface area contributed by atoms with E-state index in [2.05, 4.69) is 13.8 Å². The summed E-state index contributed by atoms with van der Waals surface area (Å²) < 4.78 is 0. The molecular formula is C15H22O. The molecule has 0 N–H and O–H groups in total. The van der Waals surface area contributed by atoms with Crippen molar-refractivity contribution in [1.29, 1.82) is 0 Å². The van der Waals surface area contributed by atoms with Gasteiger partial charge in [0.05, 0.1) is 0 Å². The average molecular weight is 218 g/mol. The molecule has 0 heterocycles. The molecule has 0 radical (unpaired) electrons. The minimum atomic E-state index is 0.438. The van der Waals surface area contributed by atoms with Crippen LogP contribution in [0.25, 0.3) is 0 Å². The molecule has 0 saturated heterocycles. The van der Waals surface area contributed by atoms with E-state index >= 15 is 0 Å². The van der Waals surface area contributed by atoms with Crippen LogP contribution in [0.15, 0.2) is 22.3 Å². The molecule has 2 aliphatic rings. The van der Waals surface area contributed by atoms with E-state index < -0.39 is 0 Å². The first-order valence-electron chi connectivity index (χ1n) is 6.53. The van der Waals surface area contributed by atoms with Crippen molar-refractivity contribution in [2.75, 3.05) is 0 Å². The fourth-order valence-electron chi connectivity index (χ4n) is 2.93. The summed E-state index contributed by atoms with van der Waals surface area (Å²) in [5, 5.41) is 0. The molecule has 0 aromatic heterocycles. The molecule has 16 heavy (non-hydrogen) atoms. The van der Waals surface area contributed by atoms with E-state index in [4.69, 9.17) is 0 Å². The zero-order valence-corrected chi connectivity index (χ0v) is 10.6. The monoisotopic (exact) mass is 218 g/mol. The lowest BCUT2D eigenvalue weighted by atomic mass is 9.99. The summed E-state index contributed by atoms with van der Waals surface area (Å²) in [4.78, 5) is 12.0. The van der Waals surface area contributed by atoms with E-state index in [-0.39, 0.29) is 0 Å². The predicted molar refractivity (Wildman–Crippen MR) is 67.3 cm³/mol. The van der Waals surface area contributed by atoms with Crippen molar-refractivity contribution < 1.29 is 4.79 Å². The second-order valence-corrected chi connectivity index (χ2v) is 5.37. The lowest BCUT2D eigenvalue weighted by Gasteiger charge is -2.05. The predicted octanol–water partition coefficient (Wildman–Crippen LogP) is 4.34. The van der Waals surface area contributed by atoms with E-state index in [9.17, 15) is 4.79 Å². The van der Waals surface area contributed by atoms with Crippen molar-refractivity contribution >= 4 is 5.78 Å². The average Bonchev–Trinajstić information content (AvgIpc) is 2.79. The van der Waals surface area contributed by atoms with Crippen LogP contribution in [0.4, 0.5) is 0 Å². The van der Waals surface area contributed by atoms with Crippen molar-refractivity contribution in [2.24, 2.45) is 0 Å². The molecule has 0 aliphatic heterocycles. The number of ketones is 1. The molecule has 0 aromatic carbocycles. The fourth-order valence-corrected chi connectivity index (χ4v) is 2.93. The minimum absolute atomic E-state index is 0.438. The van der Waals surface area contributed by atoms with Crippen LogP contribution < -0.4 is 0 Å². The number of carbonyl (C=O) groups is 1. The highest BCUT2D eigenvalue weighted by atomic mass is 16.1. The lowest BCUT2D eigenvalue weighted by Crippen LogP contribution is -2.01. The highest BCUT2D eigenvalue weighted by Crippen LogP contribution is 2.31. The molecule has 0 unspecified atom stereocenters. The van der Waals surface area contributed by atoms with Crippen LogP contribution in [0.5, 0.6) is 0 Å². The Bertz CT molecular complexity index is 324. The summed E-state index contributed by atoms with van der Waals surface area (Å²) in [6.45, 7) is 4.38. The van der Waals surface area contributed by atoms with Crippen LogP contribution in [-0.4, -0.2) is 5.78 Å². The molecule has 1 nitrogen and oxygen atoms in total. The summed E-state index contributed by atoms with van der Waals surface area (Å²) in [6, 6.07) is 0. The van der Waals surface area contributed by atoms with E-state index in [1.165, 1.54) is 48.0 Å². The van der Waals surface area contributed by atoms with Gasteiger partial charge in [-0.2, -0.15) is 0 Å². The lowest BCUT2D eigenvalue weighted by molar-refractivity contribution is -0.117. The molecule has 2 rings (SSSR count). The van der Waals surface area contributed by atoms with Gasteiger partial charge in [-0.15, -0.1) is 0 Å². The van der Waals surface area contributed by atoms with Gasteiger partial charge in [0.15, 0.2) is 0 Å². The first-order chi connectivity index (χ1) is 7.66. The summed E-state index contributed by atoms with van der Waals surface area (Å²) in [5.41, 5.74) is 5.82. The Morgan fingerprint density at radius 2 is 1.31 bits per heavy atom. The topological polar surface area (TPSA) is 17.1 Å². The van der Waals surface area contributed by atoms with E-state index in [1.54, 1.807) is 0 Å². The Labute approximate surface area is 98.6 Å². The van der Waals surface area contributed by atoms with E-state index in [0.29, 0.717) is 5.78 Å². The third kappa shape index (κ3) is 2.63. The summed E-state index contributed by atoms with van der Waals surface area (Å²) in [7, 11) is 0. The quantitative estimate of drug-likeness (QED) is 0.642. The van der Waals surface area contributed by atoms with Crippen LogP contribution >= 0.6 is 0 Å². The summed E-state index contributed by atoms with van der Waals surface area (Å²) >= 11 is 0. The smallest absolute Gasteiger partial charge is 0.140 e. The Morgan fingerprint density at radius 1 is 0.875 bits per heavy atom. The SMILES string of the molecule is CC1=C(CC(=O)CC2=C(C)CCC2)CCC1. The Hall–Kier alpha value is -0.850. The maximum Gasteiger partial charge on any atom is 0.140 e. The van der Waals surface area contributed by atoms with Crippen LogP contribution in [0.2, 0.25) is 0 Å². The molecule has 0 saturated carbocycles. The van der Waals surface area contributed by atoms with E-state index in [1.807, 2.05) is 0 Å². The molecule has 0 fully saturated rings. The molecule has 1 heteroatoms. The standard InChI is InChI=1S/C15H22O/c1-11-5-3-7-13(11)9-15(16)10-14-8-4-6-12(14)2/h3-10H2,1-2H3. The fraction of sp³-hybridized carbons (Fsp3) is 0.667. The van der Waals surface area contributed by atoms with Crippen LogP contribution in [0, 0.1) is 0 Å². The van der Waals surface area contributed by atoms with Gasteiger partial charge in [-0.3, -0.25) is 4.79 Å². The molecule has 0 aromatic rings. The normalized spacial score (nSPS) is 21.1. The molecule has 0 spiro atoms. The van der Waals surface area contributed by atoms with Gasteiger partial charge in [-0.25, -0.2) is 0 Å². The maximum absolute atomic E-state index is 12.0. The summed E-state index contributed by atoms with van der Waals surface area (Å²) in [6.07, 6.45) is 8.72. The van der Waals surface area contributed by atoms with Crippen molar-refractivity contribution in [3.63, 3.8) is 0 Å². The third-order valence-electron chi connectivity index (χ3n) is 4.09. The summed E-state index contributed by atoms with van der Waals surface area (Å²) in [5.74, 6) is 0.438. The molecule has 88 valence electrons.